The van der Waals surface area contributed by atoms with Gasteiger partial charge in [0.15, 0.2) is 11.6 Å². The number of hydrogen-bond acceptors (Lipinski definition) is 4. The molecule has 5 heteroatoms. The summed E-state index contributed by atoms with van der Waals surface area (Å²) in [5, 5.41) is 19.0. The van der Waals surface area contributed by atoms with E-state index in [1.807, 2.05) is 41.1 Å². The van der Waals surface area contributed by atoms with Gasteiger partial charge in [0, 0.05) is 27.8 Å². The van der Waals surface area contributed by atoms with E-state index in [1.54, 1.807) is 18.3 Å². The van der Waals surface area contributed by atoms with Crippen LogP contribution < -0.4 is 0 Å². The highest BCUT2D eigenvalue weighted by atomic mass is 32.1. The minimum Gasteiger partial charge on any atom is -0.305 e. The van der Waals surface area contributed by atoms with Gasteiger partial charge >= 0.3 is 0 Å². The number of aromatic nitrogens is 3. The molecule has 0 saturated carbocycles. The molecule has 2 N–H and O–H groups in total. The van der Waals surface area contributed by atoms with Crippen molar-refractivity contribution < 1.29 is 0 Å². The van der Waals surface area contributed by atoms with Crippen LogP contribution in [0.5, 0.6) is 0 Å². The molecule has 0 unspecified atom stereocenters. The monoisotopic (exact) mass is 312 g/mol. The highest BCUT2D eigenvalue weighted by molar-refractivity contribution is 7.08. The summed E-state index contributed by atoms with van der Waals surface area (Å²) in [6.45, 7) is 6.02. The van der Waals surface area contributed by atoms with E-state index in [9.17, 15) is 0 Å². The van der Waals surface area contributed by atoms with Gasteiger partial charge in [0.2, 0.25) is 0 Å². The molecule has 0 fully saturated rings. The maximum Gasteiger partial charge on any atom is 0.182 e. The first-order valence-corrected chi connectivity index (χ1v) is 8.21. The van der Waals surface area contributed by atoms with Crippen molar-refractivity contribution in [1.82, 2.24) is 15.2 Å². The Bertz CT molecular complexity index is 729. The molecular formula is C17H20N4S. The molecule has 22 heavy (non-hydrogen) atoms. The minimum atomic E-state index is 0.518. The average molecular weight is 312 g/mol. The highest BCUT2D eigenvalue weighted by Crippen LogP contribution is 2.24. The van der Waals surface area contributed by atoms with E-state index in [2.05, 4.69) is 29.0 Å². The van der Waals surface area contributed by atoms with Crippen molar-refractivity contribution in [2.45, 2.75) is 27.2 Å². The Kier molecular flexibility index (Phi) is 5.61. The molecule has 2 heterocycles. The van der Waals surface area contributed by atoms with Crippen LogP contribution in [0, 0.1) is 5.41 Å². The Labute approximate surface area is 134 Å². The lowest BCUT2D eigenvalue weighted by molar-refractivity contribution is 1.09. The number of aromatic amines is 1. The van der Waals surface area contributed by atoms with E-state index in [1.165, 1.54) is 6.42 Å². The third-order valence-electron chi connectivity index (χ3n) is 2.85. The van der Waals surface area contributed by atoms with Crippen LogP contribution in [0.1, 0.15) is 32.8 Å². The van der Waals surface area contributed by atoms with Gasteiger partial charge in [-0.1, -0.05) is 44.5 Å². The molecule has 0 aliphatic heterocycles. The van der Waals surface area contributed by atoms with Gasteiger partial charge in [-0.05, 0) is 18.4 Å². The fraction of sp³-hybridized carbons (Fsp3) is 0.235. The first kappa shape index (κ1) is 16.1. The molecule has 114 valence electrons. The number of nitrogens with one attached hydrogen (secondary N) is 2. The summed E-state index contributed by atoms with van der Waals surface area (Å²) in [6, 6.07) is 9.72. The summed E-state index contributed by atoms with van der Waals surface area (Å²) in [4.78, 5) is 4.51. The van der Waals surface area contributed by atoms with Crippen molar-refractivity contribution in [2.24, 2.45) is 0 Å². The zero-order chi connectivity index (χ0) is 15.9. The van der Waals surface area contributed by atoms with Crippen LogP contribution in [-0.2, 0) is 0 Å². The molecule has 0 atom stereocenters. The number of benzene rings is 1. The third-order valence-corrected chi connectivity index (χ3v) is 3.53. The van der Waals surface area contributed by atoms with E-state index in [-0.39, 0.29) is 0 Å². The fourth-order valence-corrected chi connectivity index (χ4v) is 2.55. The van der Waals surface area contributed by atoms with Crippen LogP contribution >= 0.6 is 11.3 Å². The molecular weight excluding hydrogens is 292 g/mol. The van der Waals surface area contributed by atoms with E-state index in [4.69, 9.17) is 5.41 Å². The number of nitrogens with zero attached hydrogens (tertiary/aromatic N) is 2. The van der Waals surface area contributed by atoms with Crippen molar-refractivity contribution >= 4 is 17.0 Å². The molecule has 3 rings (SSSR count). The SMILES string of the molecule is CC(=N)c1ccccc1-c1nc(-c2ccsc2)n[nH]1.CCC. The molecule has 0 aliphatic rings. The van der Waals surface area contributed by atoms with E-state index in [0.717, 1.165) is 16.7 Å². The zero-order valence-corrected chi connectivity index (χ0v) is 13.9. The van der Waals surface area contributed by atoms with Gasteiger partial charge < -0.3 is 5.41 Å². The van der Waals surface area contributed by atoms with Gasteiger partial charge in [-0.2, -0.15) is 16.4 Å². The van der Waals surface area contributed by atoms with E-state index in [0.29, 0.717) is 17.4 Å². The number of rotatable bonds is 3. The summed E-state index contributed by atoms with van der Waals surface area (Å²) >= 11 is 1.62. The van der Waals surface area contributed by atoms with Gasteiger partial charge in [-0.3, -0.25) is 5.10 Å². The molecule has 3 aromatic rings. The van der Waals surface area contributed by atoms with Crippen LogP contribution in [0.15, 0.2) is 41.1 Å². The molecule has 0 radical (unpaired) electrons. The molecule has 0 saturated heterocycles. The molecule has 0 amide bonds. The largest absolute Gasteiger partial charge is 0.305 e. The van der Waals surface area contributed by atoms with E-state index < -0.39 is 0 Å². The first-order valence-electron chi connectivity index (χ1n) is 7.27. The molecule has 2 aromatic heterocycles. The van der Waals surface area contributed by atoms with Gasteiger partial charge in [-0.15, -0.1) is 0 Å². The second kappa shape index (κ2) is 7.66. The van der Waals surface area contributed by atoms with Crippen molar-refractivity contribution in [2.75, 3.05) is 0 Å². The van der Waals surface area contributed by atoms with Crippen molar-refractivity contribution in [3.05, 3.63) is 46.7 Å². The predicted octanol–water partition coefficient (Wildman–Crippen LogP) is 5.00. The van der Waals surface area contributed by atoms with Crippen LogP contribution in [-0.4, -0.2) is 20.9 Å². The molecule has 1 aromatic carbocycles. The Morgan fingerprint density at radius 3 is 2.59 bits per heavy atom. The predicted molar refractivity (Wildman–Crippen MR) is 93.6 cm³/mol. The smallest absolute Gasteiger partial charge is 0.182 e. The highest BCUT2D eigenvalue weighted by Gasteiger charge is 2.12. The number of H-pyrrole nitrogens is 1. The Balaban J connectivity index is 0.000000545. The third kappa shape index (κ3) is 3.68. The second-order valence-corrected chi connectivity index (χ2v) is 5.68. The standard InChI is InChI=1S/C14H12N4S.C3H8/c1-9(15)11-4-2-3-5-12(11)14-16-13(17-18-14)10-6-7-19-8-10;1-3-2/h2-8,15H,1H3,(H,16,17,18);3H2,1-2H3. The quantitative estimate of drug-likeness (QED) is 0.668. The summed E-state index contributed by atoms with van der Waals surface area (Å²) in [7, 11) is 0. The summed E-state index contributed by atoms with van der Waals surface area (Å²) in [5.41, 5.74) is 3.31. The average Bonchev–Trinajstić information content (AvgIpc) is 3.19. The van der Waals surface area contributed by atoms with E-state index >= 15 is 0 Å². The summed E-state index contributed by atoms with van der Waals surface area (Å²) in [5.74, 6) is 1.39. The lowest BCUT2D eigenvalue weighted by Crippen LogP contribution is -1.96. The van der Waals surface area contributed by atoms with Gasteiger partial charge in [-0.25, -0.2) is 4.98 Å². The Morgan fingerprint density at radius 2 is 1.95 bits per heavy atom. The summed E-state index contributed by atoms with van der Waals surface area (Å²) < 4.78 is 0. The Hall–Kier alpha value is -2.27. The zero-order valence-electron chi connectivity index (χ0n) is 13.1. The molecule has 0 spiro atoms. The molecule has 0 aliphatic carbocycles. The normalized spacial score (nSPS) is 9.95. The molecule has 0 bridgehead atoms. The maximum atomic E-state index is 7.81. The fourth-order valence-electron chi connectivity index (χ4n) is 1.92. The van der Waals surface area contributed by atoms with Crippen molar-refractivity contribution in [3.63, 3.8) is 0 Å². The van der Waals surface area contributed by atoms with Gasteiger partial charge in [0.25, 0.3) is 0 Å². The Morgan fingerprint density at radius 1 is 1.23 bits per heavy atom. The maximum absolute atomic E-state index is 7.81. The minimum absolute atomic E-state index is 0.518. The number of thiophene rings is 1. The lowest BCUT2D eigenvalue weighted by Gasteiger charge is -2.04. The lowest BCUT2D eigenvalue weighted by atomic mass is 10.0. The first-order chi connectivity index (χ1) is 10.7. The van der Waals surface area contributed by atoms with Crippen LogP contribution in [0.2, 0.25) is 0 Å². The summed E-state index contributed by atoms with van der Waals surface area (Å²) in [6.07, 6.45) is 1.25. The van der Waals surface area contributed by atoms with Crippen LogP contribution in [0.3, 0.4) is 0 Å². The topological polar surface area (TPSA) is 65.4 Å². The van der Waals surface area contributed by atoms with Gasteiger partial charge in [0.05, 0.1) is 0 Å². The van der Waals surface area contributed by atoms with Crippen molar-refractivity contribution in [3.8, 4) is 22.8 Å². The number of hydrogen-bond donors (Lipinski definition) is 2. The molecule has 4 nitrogen and oxygen atoms in total. The van der Waals surface area contributed by atoms with Crippen LogP contribution in [0.4, 0.5) is 0 Å². The van der Waals surface area contributed by atoms with Crippen LogP contribution in [0.25, 0.3) is 22.8 Å². The van der Waals surface area contributed by atoms with Gasteiger partial charge in [0.1, 0.15) is 0 Å². The van der Waals surface area contributed by atoms with Crippen molar-refractivity contribution in [1.29, 1.82) is 5.41 Å². The second-order valence-electron chi connectivity index (χ2n) is 4.90.